The summed E-state index contributed by atoms with van der Waals surface area (Å²) in [4.78, 5) is 4.75. The lowest BCUT2D eigenvalue weighted by Crippen LogP contribution is -2.08. The third-order valence-corrected chi connectivity index (χ3v) is 4.64. The van der Waals surface area contributed by atoms with E-state index in [4.69, 9.17) is 4.98 Å². The number of rotatable bonds is 5. The average Bonchev–Trinajstić information content (AvgIpc) is 2.94. The van der Waals surface area contributed by atoms with Crippen LogP contribution in [-0.4, -0.2) is 21.1 Å². The van der Waals surface area contributed by atoms with E-state index in [1.54, 1.807) is 0 Å². The van der Waals surface area contributed by atoms with Crippen LogP contribution in [0.5, 0.6) is 0 Å². The maximum atomic E-state index is 4.75. The zero-order valence-corrected chi connectivity index (χ0v) is 14.6. The van der Waals surface area contributed by atoms with Crippen molar-refractivity contribution in [1.82, 2.24) is 14.6 Å². The molecule has 0 radical (unpaired) electrons. The second-order valence-electron chi connectivity index (χ2n) is 6.53. The molecule has 0 saturated carbocycles. The highest BCUT2D eigenvalue weighted by atomic mass is 15.3. The molecule has 2 heterocycles. The smallest absolute Gasteiger partial charge is 0.161 e. The molecule has 2 aromatic heterocycles. The van der Waals surface area contributed by atoms with Crippen LogP contribution in [0.25, 0.3) is 5.65 Å². The van der Waals surface area contributed by atoms with E-state index in [0.717, 1.165) is 36.5 Å². The fraction of sp³-hybridized carbons (Fsp3) is 0.474. The van der Waals surface area contributed by atoms with Gasteiger partial charge in [0.2, 0.25) is 0 Å². The molecule has 2 aromatic rings. The Hall–Kier alpha value is -2.10. The quantitative estimate of drug-likeness (QED) is 0.819. The van der Waals surface area contributed by atoms with Crippen LogP contribution >= 0.6 is 0 Å². The molecule has 1 aliphatic rings. The van der Waals surface area contributed by atoms with E-state index in [1.807, 2.05) is 17.6 Å². The Morgan fingerprint density at radius 2 is 2.13 bits per heavy atom. The fourth-order valence-electron chi connectivity index (χ4n) is 3.06. The minimum atomic E-state index is 0.369. The van der Waals surface area contributed by atoms with Crippen molar-refractivity contribution in [2.75, 3.05) is 11.9 Å². The van der Waals surface area contributed by atoms with Crippen LogP contribution in [-0.2, 0) is 0 Å². The predicted molar refractivity (Wildman–Crippen MR) is 96.0 cm³/mol. The molecule has 0 aliphatic heterocycles. The lowest BCUT2D eigenvalue weighted by molar-refractivity contribution is 0.804. The van der Waals surface area contributed by atoms with E-state index in [0.29, 0.717) is 5.92 Å². The Balaban J connectivity index is 1.96. The van der Waals surface area contributed by atoms with Crippen LogP contribution in [0.3, 0.4) is 0 Å². The molecule has 23 heavy (non-hydrogen) atoms. The third kappa shape index (κ3) is 3.16. The van der Waals surface area contributed by atoms with Crippen LogP contribution in [0.15, 0.2) is 35.6 Å². The maximum Gasteiger partial charge on any atom is 0.161 e. The molecule has 1 N–H and O–H groups in total. The highest BCUT2D eigenvalue weighted by Crippen LogP contribution is 2.33. The zero-order valence-electron chi connectivity index (χ0n) is 14.6. The lowest BCUT2D eigenvalue weighted by Gasteiger charge is -2.18. The molecular weight excluding hydrogens is 284 g/mol. The van der Waals surface area contributed by atoms with Gasteiger partial charge in [-0.2, -0.15) is 9.61 Å². The zero-order chi connectivity index (χ0) is 16.4. The van der Waals surface area contributed by atoms with Gasteiger partial charge in [0.25, 0.3) is 0 Å². The Kier molecular flexibility index (Phi) is 4.51. The van der Waals surface area contributed by atoms with E-state index in [9.17, 15) is 0 Å². The van der Waals surface area contributed by atoms with Crippen molar-refractivity contribution in [2.24, 2.45) is 0 Å². The molecular formula is C19H26N4. The molecule has 1 atom stereocenters. The van der Waals surface area contributed by atoms with Crippen molar-refractivity contribution in [3.05, 3.63) is 46.8 Å². The van der Waals surface area contributed by atoms with Crippen molar-refractivity contribution in [2.45, 2.75) is 52.9 Å². The van der Waals surface area contributed by atoms with Gasteiger partial charge >= 0.3 is 0 Å². The van der Waals surface area contributed by atoms with Gasteiger partial charge in [0, 0.05) is 29.8 Å². The number of nitrogens with zero attached hydrogens (tertiary/aromatic N) is 3. The molecule has 0 aromatic carbocycles. The number of fused-ring (bicyclic) bond motifs is 1. The van der Waals surface area contributed by atoms with Crippen molar-refractivity contribution in [1.29, 1.82) is 0 Å². The summed E-state index contributed by atoms with van der Waals surface area (Å²) in [6, 6.07) is 2.07. The first-order valence-corrected chi connectivity index (χ1v) is 8.54. The molecule has 0 bridgehead atoms. The van der Waals surface area contributed by atoms with E-state index in [2.05, 4.69) is 49.4 Å². The summed E-state index contributed by atoms with van der Waals surface area (Å²) < 4.78 is 1.95. The number of aromatic nitrogens is 3. The third-order valence-electron chi connectivity index (χ3n) is 4.64. The Labute approximate surface area is 138 Å². The normalized spacial score (nSPS) is 18.0. The summed E-state index contributed by atoms with van der Waals surface area (Å²) in [7, 11) is 0. The number of unbranched alkanes of at least 4 members (excludes halogenated alkanes) is 1. The van der Waals surface area contributed by atoms with Crippen LogP contribution < -0.4 is 5.32 Å². The van der Waals surface area contributed by atoms with E-state index in [1.165, 1.54) is 23.1 Å². The highest BCUT2D eigenvalue weighted by molar-refractivity contribution is 5.57. The molecule has 0 fully saturated rings. The summed E-state index contributed by atoms with van der Waals surface area (Å²) in [6.07, 6.45) is 9.89. The van der Waals surface area contributed by atoms with Crippen LogP contribution in [0, 0.1) is 6.92 Å². The van der Waals surface area contributed by atoms with Gasteiger partial charge in [-0.25, -0.2) is 4.98 Å². The maximum absolute atomic E-state index is 4.75. The van der Waals surface area contributed by atoms with E-state index >= 15 is 0 Å². The van der Waals surface area contributed by atoms with Gasteiger partial charge in [-0.15, -0.1) is 0 Å². The van der Waals surface area contributed by atoms with Crippen molar-refractivity contribution in [3.63, 3.8) is 0 Å². The molecule has 1 aliphatic carbocycles. The van der Waals surface area contributed by atoms with Crippen LogP contribution in [0.4, 0.5) is 5.82 Å². The number of allylic oxidation sites excluding steroid dienone is 4. The molecule has 1 unspecified atom stereocenters. The molecule has 0 amide bonds. The first-order valence-electron chi connectivity index (χ1n) is 8.54. The first-order chi connectivity index (χ1) is 11.1. The monoisotopic (exact) mass is 310 g/mol. The van der Waals surface area contributed by atoms with E-state index in [-0.39, 0.29) is 0 Å². The standard InChI is InChI=1S/C19H26N4/c1-5-6-9-20-18-11-15(4)22-19-17(12-21-23(18)19)16-8-7-13(2)14(3)10-16/h7-8,11-12,16,20H,5-6,9-10H2,1-4H3. The second kappa shape index (κ2) is 6.57. The minimum absolute atomic E-state index is 0.369. The number of hydrogen-bond donors (Lipinski definition) is 1. The van der Waals surface area contributed by atoms with Gasteiger partial charge in [0.05, 0.1) is 6.20 Å². The minimum Gasteiger partial charge on any atom is -0.370 e. The van der Waals surface area contributed by atoms with Crippen molar-refractivity contribution >= 4 is 11.5 Å². The van der Waals surface area contributed by atoms with Gasteiger partial charge in [0.1, 0.15) is 5.82 Å². The predicted octanol–water partition coefficient (Wildman–Crippen LogP) is 4.63. The number of hydrogen-bond acceptors (Lipinski definition) is 3. The summed E-state index contributed by atoms with van der Waals surface area (Å²) in [5.41, 5.74) is 6.05. The summed E-state index contributed by atoms with van der Waals surface area (Å²) in [5, 5.41) is 8.09. The van der Waals surface area contributed by atoms with Crippen molar-refractivity contribution in [3.8, 4) is 0 Å². The number of anilines is 1. The van der Waals surface area contributed by atoms with Gasteiger partial charge in [-0.3, -0.25) is 0 Å². The van der Waals surface area contributed by atoms with Crippen LogP contribution in [0.2, 0.25) is 0 Å². The highest BCUT2D eigenvalue weighted by Gasteiger charge is 2.20. The Morgan fingerprint density at radius 1 is 1.30 bits per heavy atom. The molecule has 4 nitrogen and oxygen atoms in total. The summed E-state index contributed by atoms with van der Waals surface area (Å²) in [5.74, 6) is 1.41. The lowest BCUT2D eigenvalue weighted by atomic mass is 9.87. The average molecular weight is 310 g/mol. The summed E-state index contributed by atoms with van der Waals surface area (Å²) in [6.45, 7) is 9.61. The topological polar surface area (TPSA) is 42.2 Å². The molecule has 122 valence electrons. The van der Waals surface area contributed by atoms with Gasteiger partial charge in [-0.1, -0.05) is 36.6 Å². The largest absolute Gasteiger partial charge is 0.370 e. The molecule has 4 heteroatoms. The van der Waals surface area contributed by atoms with E-state index < -0.39 is 0 Å². The van der Waals surface area contributed by atoms with Crippen LogP contribution in [0.1, 0.15) is 57.2 Å². The second-order valence-corrected chi connectivity index (χ2v) is 6.53. The van der Waals surface area contributed by atoms with Crippen molar-refractivity contribution < 1.29 is 0 Å². The van der Waals surface area contributed by atoms with Gasteiger partial charge < -0.3 is 5.32 Å². The number of nitrogens with one attached hydrogen (secondary N) is 1. The SMILES string of the molecule is CCCCNc1cc(C)nc2c(C3C=CC(C)=C(C)C3)cnn12. The molecule has 0 saturated heterocycles. The summed E-state index contributed by atoms with van der Waals surface area (Å²) >= 11 is 0. The molecule has 3 rings (SSSR count). The fourth-order valence-corrected chi connectivity index (χ4v) is 3.06. The number of aryl methyl sites for hydroxylation is 1. The molecule has 0 spiro atoms. The first kappa shape index (κ1) is 15.8. The van der Waals surface area contributed by atoms with Gasteiger partial charge in [-0.05, 0) is 33.6 Å². The Bertz CT molecular complexity index is 767. The Morgan fingerprint density at radius 3 is 2.87 bits per heavy atom. The van der Waals surface area contributed by atoms with Gasteiger partial charge in [0.15, 0.2) is 5.65 Å².